The zero-order chi connectivity index (χ0) is 18.8. The third-order valence-corrected chi connectivity index (χ3v) is 4.91. The number of pyridine rings is 1. The summed E-state index contributed by atoms with van der Waals surface area (Å²) in [6, 6.07) is 18.7. The Labute approximate surface area is 162 Å². The van der Waals surface area contributed by atoms with E-state index >= 15 is 0 Å². The maximum absolute atomic E-state index is 13.0. The lowest BCUT2D eigenvalue weighted by molar-refractivity contribution is 0.0728. The van der Waals surface area contributed by atoms with Crippen LogP contribution in [0, 0.1) is 0 Å². The van der Waals surface area contributed by atoms with Crippen molar-refractivity contribution in [1.29, 1.82) is 0 Å². The molecule has 4 rings (SSSR count). The van der Waals surface area contributed by atoms with Gasteiger partial charge in [-0.05, 0) is 42.0 Å². The van der Waals surface area contributed by atoms with Crippen molar-refractivity contribution in [2.24, 2.45) is 0 Å². The molecule has 1 aliphatic rings. The van der Waals surface area contributed by atoms with Crippen LogP contribution in [-0.4, -0.2) is 22.9 Å². The molecule has 1 aliphatic heterocycles. The number of carbonyl (C=O) groups is 1. The highest BCUT2D eigenvalue weighted by Crippen LogP contribution is 2.35. The van der Waals surface area contributed by atoms with Crippen LogP contribution >= 0.6 is 11.6 Å². The van der Waals surface area contributed by atoms with E-state index in [-0.39, 0.29) is 5.91 Å². The first kappa shape index (κ1) is 17.4. The molecule has 0 fully saturated rings. The summed E-state index contributed by atoms with van der Waals surface area (Å²) in [5.74, 6) is 0.723. The van der Waals surface area contributed by atoms with Gasteiger partial charge in [-0.3, -0.25) is 9.78 Å². The van der Waals surface area contributed by atoms with Gasteiger partial charge in [-0.15, -0.1) is 0 Å². The molecule has 0 radical (unpaired) electrons. The molecule has 3 aromatic rings. The minimum absolute atomic E-state index is 0.0570. The molecule has 0 spiro atoms. The summed E-state index contributed by atoms with van der Waals surface area (Å²) in [5, 5.41) is 3.97. The Morgan fingerprint density at radius 2 is 1.89 bits per heavy atom. The number of anilines is 1. The van der Waals surface area contributed by atoms with Gasteiger partial charge < -0.3 is 15.0 Å². The van der Waals surface area contributed by atoms with E-state index in [9.17, 15) is 4.79 Å². The molecule has 0 saturated carbocycles. The predicted octanol–water partition coefficient (Wildman–Crippen LogP) is 4.51. The maximum atomic E-state index is 13.0. The van der Waals surface area contributed by atoms with Gasteiger partial charge >= 0.3 is 0 Å². The first-order valence-electron chi connectivity index (χ1n) is 8.57. The SMILES string of the molecule is COc1ccc(CN2C(=O)c3cccnc3[C@@H]2Nc2ccccc2Cl)cc1. The molecular weight excluding hydrogens is 362 g/mol. The van der Waals surface area contributed by atoms with E-state index in [2.05, 4.69) is 10.3 Å². The number of fused-ring (bicyclic) bond motifs is 1. The molecule has 1 N–H and O–H groups in total. The van der Waals surface area contributed by atoms with Crippen LogP contribution in [0.1, 0.15) is 27.8 Å². The van der Waals surface area contributed by atoms with Crippen molar-refractivity contribution in [3.8, 4) is 5.75 Å². The Morgan fingerprint density at radius 3 is 2.63 bits per heavy atom. The summed E-state index contributed by atoms with van der Waals surface area (Å²) in [7, 11) is 1.63. The summed E-state index contributed by atoms with van der Waals surface area (Å²) in [6.07, 6.45) is 1.31. The second-order valence-corrected chi connectivity index (χ2v) is 6.65. The van der Waals surface area contributed by atoms with Crippen LogP contribution in [0.5, 0.6) is 5.75 Å². The molecule has 6 heteroatoms. The fraction of sp³-hybridized carbons (Fsp3) is 0.143. The highest BCUT2D eigenvalue weighted by molar-refractivity contribution is 6.33. The minimum Gasteiger partial charge on any atom is -0.497 e. The minimum atomic E-state index is -0.393. The zero-order valence-corrected chi connectivity index (χ0v) is 15.5. The second kappa shape index (κ2) is 7.29. The molecule has 0 bridgehead atoms. The average molecular weight is 380 g/mol. The number of ether oxygens (including phenoxy) is 1. The average Bonchev–Trinajstić information content (AvgIpc) is 2.96. The van der Waals surface area contributed by atoms with Gasteiger partial charge in [0.15, 0.2) is 0 Å². The van der Waals surface area contributed by atoms with Crippen molar-refractivity contribution in [2.45, 2.75) is 12.7 Å². The van der Waals surface area contributed by atoms with Gasteiger partial charge in [0.05, 0.1) is 29.1 Å². The molecule has 1 aromatic heterocycles. The lowest BCUT2D eigenvalue weighted by Gasteiger charge is -2.27. The molecule has 2 aromatic carbocycles. The van der Waals surface area contributed by atoms with Gasteiger partial charge in [0.25, 0.3) is 5.91 Å². The second-order valence-electron chi connectivity index (χ2n) is 6.24. The van der Waals surface area contributed by atoms with Crippen LogP contribution in [0.25, 0.3) is 0 Å². The number of amides is 1. The summed E-state index contributed by atoms with van der Waals surface area (Å²) < 4.78 is 5.21. The number of halogens is 1. The van der Waals surface area contributed by atoms with E-state index in [4.69, 9.17) is 16.3 Å². The number of nitrogens with zero attached hydrogens (tertiary/aromatic N) is 2. The van der Waals surface area contributed by atoms with E-state index < -0.39 is 6.17 Å². The summed E-state index contributed by atoms with van der Waals surface area (Å²) >= 11 is 6.31. The van der Waals surface area contributed by atoms with Crippen LogP contribution in [-0.2, 0) is 6.54 Å². The van der Waals surface area contributed by atoms with E-state index in [0.717, 1.165) is 17.0 Å². The molecule has 136 valence electrons. The third kappa shape index (κ3) is 3.34. The van der Waals surface area contributed by atoms with Gasteiger partial charge in [-0.1, -0.05) is 35.9 Å². The van der Waals surface area contributed by atoms with Gasteiger partial charge in [-0.25, -0.2) is 0 Å². The van der Waals surface area contributed by atoms with Gasteiger partial charge in [0.2, 0.25) is 0 Å². The number of rotatable bonds is 5. The number of hydrogen-bond acceptors (Lipinski definition) is 4. The molecular formula is C21H18ClN3O2. The van der Waals surface area contributed by atoms with Crippen LogP contribution in [0.4, 0.5) is 5.69 Å². The molecule has 1 atom stereocenters. The highest BCUT2D eigenvalue weighted by atomic mass is 35.5. The zero-order valence-electron chi connectivity index (χ0n) is 14.7. The fourth-order valence-corrected chi connectivity index (χ4v) is 3.39. The first-order valence-corrected chi connectivity index (χ1v) is 8.95. The van der Waals surface area contributed by atoms with Crippen molar-refractivity contribution in [1.82, 2.24) is 9.88 Å². The number of hydrogen-bond donors (Lipinski definition) is 1. The number of nitrogens with one attached hydrogen (secondary N) is 1. The Kier molecular flexibility index (Phi) is 4.69. The van der Waals surface area contributed by atoms with Gasteiger partial charge in [0.1, 0.15) is 11.9 Å². The summed E-state index contributed by atoms with van der Waals surface area (Å²) in [6.45, 7) is 0.446. The molecule has 5 nitrogen and oxygen atoms in total. The third-order valence-electron chi connectivity index (χ3n) is 4.58. The molecule has 0 aliphatic carbocycles. The highest BCUT2D eigenvalue weighted by Gasteiger charge is 2.38. The monoisotopic (exact) mass is 379 g/mol. The van der Waals surface area contributed by atoms with E-state index in [1.54, 1.807) is 30.3 Å². The molecule has 0 unspecified atom stereocenters. The number of carbonyl (C=O) groups excluding carboxylic acids is 1. The van der Waals surface area contributed by atoms with Crippen molar-refractivity contribution in [2.75, 3.05) is 12.4 Å². The summed E-state index contributed by atoms with van der Waals surface area (Å²) in [4.78, 5) is 19.2. The Morgan fingerprint density at radius 1 is 1.11 bits per heavy atom. The van der Waals surface area contributed by atoms with E-state index in [1.807, 2.05) is 48.5 Å². The lowest BCUT2D eigenvalue weighted by atomic mass is 10.2. The lowest BCUT2D eigenvalue weighted by Crippen LogP contribution is -2.32. The normalized spacial score (nSPS) is 15.6. The standard InChI is InChI=1S/C21H18ClN3O2/c1-27-15-10-8-14(9-11-15)13-25-20(24-18-7-3-2-6-17(18)22)19-16(21(25)26)5-4-12-23-19/h2-12,20,24H,13H2,1H3/t20-/m1/s1. The number of benzene rings is 2. The van der Waals surface area contributed by atoms with Gasteiger partial charge in [0, 0.05) is 12.7 Å². The van der Waals surface area contributed by atoms with E-state index in [0.29, 0.717) is 22.8 Å². The van der Waals surface area contributed by atoms with Crippen molar-refractivity contribution >= 4 is 23.2 Å². The van der Waals surface area contributed by atoms with Crippen LogP contribution < -0.4 is 10.1 Å². The number of para-hydroxylation sites is 1. The molecule has 1 amide bonds. The Hall–Kier alpha value is -3.05. The first-order chi connectivity index (χ1) is 13.2. The number of aromatic nitrogens is 1. The van der Waals surface area contributed by atoms with Crippen LogP contribution in [0.3, 0.4) is 0 Å². The molecule has 0 saturated heterocycles. The van der Waals surface area contributed by atoms with Crippen molar-refractivity contribution < 1.29 is 9.53 Å². The van der Waals surface area contributed by atoms with Crippen LogP contribution in [0.2, 0.25) is 5.02 Å². The largest absolute Gasteiger partial charge is 0.497 e. The Balaban J connectivity index is 1.67. The Bertz CT molecular complexity index is 975. The topological polar surface area (TPSA) is 54.5 Å². The molecule has 2 heterocycles. The van der Waals surface area contributed by atoms with Gasteiger partial charge in [-0.2, -0.15) is 0 Å². The van der Waals surface area contributed by atoms with Crippen molar-refractivity contribution in [3.63, 3.8) is 0 Å². The van der Waals surface area contributed by atoms with Crippen molar-refractivity contribution in [3.05, 3.63) is 88.7 Å². The summed E-state index contributed by atoms with van der Waals surface area (Å²) in [5.41, 5.74) is 3.07. The fourth-order valence-electron chi connectivity index (χ4n) is 3.20. The van der Waals surface area contributed by atoms with E-state index in [1.165, 1.54) is 0 Å². The van der Waals surface area contributed by atoms with Crippen LogP contribution in [0.15, 0.2) is 66.9 Å². The smallest absolute Gasteiger partial charge is 0.258 e. The quantitative estimate of drug-likeness (QED) is 0.708. The molecule has 27 heavy (non-hydrogen) atoms. The number of methoxy groups -OCH3 is 1. The maximum Gasteiger partial charge on any atom is 0.258 e. The predicted molar refractivity (Wildman–Crippen MR) is 105 cm³/mol.